The summed E-state index contributed by atoms with van der Waals surface area (Å²) in [5.74, 6) is 0.982. The zero-order valence-corrected chi connectivity index (χ0v) is 18.2. The Morgan fingerprint density at radius 3 is 2.31 bits per heavy atom. The second kappa shape index (κ2) is 9.58. The number of aromatic nitrogens is 2. The molecule has 0 bridgehead atoms. The van der Waals surface area contributed by atoms with Crippen LogP contribution < -0.4 is 15.4 Å². The third-order valence-corrected chi connectivity index (χ3v) is 4.66. The molecule has 1 aromatic heterocycles. The standard InChI is InChI=1S/C22H32N4O3/c1-7-15(2)23-20(27)12-13-21(28)24-19-14-18(22(3,4)5)25-26(19)16-8-10-17(29-6)11-9-16/h8-11,14-15H,7,12-13H2,1-6H3,(H,23,27)(H,24,28)/t15-/m0/s1. The van der Waals surface area contributed by atoms with Gasteiger partial charge in [0.25, 0.3) is 0 Å². The molecule has 0 aliphatic carbocycles. The van der Waals surface area contributed by atoms with E-state index in [0.29, 0.717) is 5.82 Å². The summed E-state index contributed by atoms with van der Waals surface area (Å²) in [6.45, 7) is 10.2. The van der Waals surface area contributed by atoms with E-state index in [4.69, 9.17) is 4.74 Å². The summed E-state index contributed by atoms with van der Waals surface area (Å²) in [7, 11) is 1.61. The van der Waals surface area contributed by atoms with Crippen molar-refractivity contribution in [2.24, 2.45) is 0 Å². The number of carbonyl (C=O) groups is 2. The first-order valence-electron chi connectivity index (χ1n) is 9.98. The summed E-state index contributed by atoms with van der Waals surface area (Å²) in [4.78, 5) is 24.4. The van der Waals surface area contributed by atoms with E-state index in [-0.39, 0.29) is 36.1 Å². The van der Waals surface area contributed by atoms with Gasteiger partial charge in [-0.3, -0.25) is 9.59 Å². The normalized spacial score (nSPS) is 12.3. The number of rotatable bonds is 8. The minimum Gasteiger partial charge on any atom is -0.497 e. The maximum absolute atomic E-state index is 12.5. The van der Waals surface area contributed by atoms with Gasteiger partial charge in [-0.2, -0.15) is 5.10 Å². The molecular weight excluding hydrogens is 368 g/mol. The number of carbonyl (C=O) groups excluding carboxylic acids is 2. The molecule has 0 spiro atoms. The Balaban J connectivity index is 2.16. The fourth-order valence-corrected chi connectivity index (χ4v) is 2.64. The first kappa shape index (κ1) is 22.5. The highest BCUT2D eigenvalue weighted by Crippen LogP contribution is 2.27. The van der Waals surface area contributed by atoms with E-state index in [2.05, 4.69) is 36.5 Å². The van der Waals surface area contributed by atoms with Gasteiger partial charge in [-0.1, -0.05) is 27.7 Å². The van der Waals surface area contributed by atoms with Crippen LogP contribution in [0.15, 0.2) is 30.3 Å². The SMILES string of the molecule is CC[C@H](C)NC(=O)CCC(=O)Nc1cc(C(C)(C)C)nn1-c1ccc(OC)cc1. The van der Waals surface area contributed by atoms with E-state index in [9.17, 15) is 9.59 Å². The molecule has 1 heterocycles. The van der Waals surface area contributed by atoms with Crippen LogP contribution in [0.2, 0.25) is 0 Å². The highest BCUT2D eigenvalue weighted by Gasteiger charge is 2.21. The lowest BCUT2D eigenvalue weighted by Gasteiger charge is -2.14. The van der Waals surface area contributed by atoms with Crippen LogP contribution in [0, 0.1) is 0 Å². The molecule has 2 amide bonds. The first-order valence-corrected chi connectivity index (χ1v) is 9.98. The molecule has 29 heavy (non-hydrogen) atoms. The Kier molecular flexibility index (Phi) is 7.42. The van der Waals surface area contributed by atoms with Crippen molar-refractivity contribution < 1.29 is 14.3 Å². The van der Waals surface area contributed by atoms with Crippen LogP contribution in [0.3, 0.4) is 0 Å². The van der Waals surface area contributed by atoms with Gasteiger partial charge in [-0.25, -0.2) is 4.68 Å². The number of nitrogens with zero attached hydrogens (tertiary/aromatic N) is 2. The zero-order chi connectivity index (χ0) is 21.6. The molecule has 1 aromatic carbocycles. The second-order valence-electron chi connectivity index (χ2n) is 8.20. The summed E-state index contributed by atoms with van der Waals surface area (Å²) >= 11 is 0. The van der Waals surface area contributed by atoms with E-state index in [1.165, 1.54) is 0 Å². The fraction of sp³-hybridized carbons (Fsp3) is 0.500. The summed E-state index contributed by atoms with van der Waals surface area (Å²) in [6.07, 6.45) is 1.12. The molecule has 0 aliphatic heterocycles. The van der Waals surface area contributed by atoms with Gasteiger partial charge in [-0.15, -0.1) is 0 Å². The van der Waals surface area contributed by atoms with Gasteiger partial charge in [0.2, 0.25) is 11.8 Å². The van der Waals surface area contributed by atoms with E-state index in [1.54, 1.807) is 11.8 Å². The molecule has 0 saturated heterocycles. The lowest BCUT2D eigenvalue weighted by Crippen LogP contribution is -2.32. The number of amides is 2. The molecule has 2 aromatic rings. The fourth-order valence-electron chi connectivity index (χ4n) is 2.64. The van der Waals surface area contributed by atoms with Gasteiger partial charge < -0.3 is 15.4 Å². The van der Waals surface area contributed by atoms with Crippen LogP contribution >= 0.6 is 0 Å². The predicted molar refractivity (Wildman–Crippen MR) is 115 cm³/mol. The molecule has 2 N–H and O–H groups in total. The molecule has 0 fully saturated rings. The minimum absolute atomic E-state index is 0.108. The van der Waals surface area contributed by atoms with Crippen molar-refractivity contribution in [2.45, 2.75) is 65.3 Å². The highest BCUT2D eigenvalue weighted by molar-refractivity contribution is 5.92. The largest absolute Gasteiger partial charge is 0.497 e. The van der Waals surface area contributed by atoms with Crippen molar-refractivity contribution >= 4 is 17.6 Å². The summed E-state index contributed by atoms with van der Waals surface area (Å²) in [5, 5.41) is 10.5. The number of hydrogen-bond acceptors (Lipinski definition) is 4. The van der Waals surface area contributed by atoms with Gasteiger partial charge >= 0.3 is 0 Å². The lowest BCUT2D eigenvalue weighted by molar-refractivity contribution is -0.124. The van der Waals surface area contributed by atoms with Crippen LogP contribution in [-0.2, 0) is 15.0 Å². The summed E-state index contributed by atoms with van der Waals surface area (Å²) in [6, 6.07) is 9.44. The number of anilines is 1. The van der Waals surface area contributed by atoms with Gasteiger partial charge in [0, 0.05) is 30.4 Å². The number of ether oxygens (including phenoxy) is 1. The molecule has 1 atom stereocenters. The summed E-state index contributed by atoms with van der Waals surface area (Å²) in [5.41, 5.74) is 1.50. The average molecular weight is 401 g/mol. The quantitative estimate of drug-likeness (QED) is 0.706. The molecule has 7 nitrogen and oxygen atoms in total. The molecule has 0 saturated carbocycles. The second-order valence-corrected chi connectivity index (χ2v) is 8.20. The maximum atomic E-state index is 12.5. The van der Waals surface area contributed by atoms with Gasteiger partial charge in [-0.05, 0) is 37.6 Å². The molecular formula is C22H32N4O3. The van der Waals surface area contributed by atoms with Crippen molar-refractivity contribution in [1.29, 1.82) is 0 Å². The van der Waals surface area contributed by atoms with Crippen LogP contribution in [0.5, 0.6) is 5.75 Å². The Morgan fingerprint density at radius 1 is 1.14 bits per heavy atom. The van der Waals surface area contributed by atoms with E-state index in [0.717, 1.165) is 23.6 Å². The van der Waals surface area contributed by atoms with Crippen molar-refractivity contribution in [1.82, 2.24) is 15.1 Å². The van der Waals surface area contributed by atoms with Gasteiger partial charge in [0.15, 0.2) is 0 Å². The molecule has 0 unspecified atom stereocenters. The third-order valence-electron chi connectivity index (χ3n) is 4.66. The maximum Gasteiger partial charge on any atom is 0.226 e. The van der Waals surface area contributed by atoms with Crippen LogP contribution in [0.1, 0.15) is 59.6 Å². The van der Waals surface area contributed by atoms with E-state index in [1.807, 2.05) is 44.2 Å². The third kappa shape index (κ3) is 6.34. The van der Waals surface area contributed by atoms with E-state index >= 15 is 0 Å². The van der Waals surface area contributed by atoms with Crippen LogP contribution in [-0.4, -0.2) is 34.7 Å². The Hall–Kier alpha value is -2.83. The molecule has 7 heteroatoms. The van der Waals surface area contributed by atoms with E-state index < -0.39 is 0 Å². The van der Waals surface area contributed by atoms with Gasteiger partial charge in [0.1, 0.15) is 11.6 Å². The van der Waals surface area contributed by atoms with Crippen LogP contribution in [0.25, 0.3) is 5.69 Å². The van der Waals surface area contributed by atoms with Gasteiger partial charge in [0.05, 0.1) is 18.5 Å². The number of methoxy groups -OCH3 is 1. The monoisotopic (exact) mass is 400 g/mol. The molecule has 0 radical (unpaired) electrons. The topological polar surface area (TPSA) is 85.3 Å². The smallest absolute Gasteiger partial charge is 0.226 e. The number of nitrogens with one attached hydrogen (secondary N) is 2. The van der Waals surface area contributed by atoms with Crippen molar-refractivity contribution in [3.8, 4) is 11.4 Å². The lowest BCUT2D eigenvalue weighted by atomic mass is 9.92. The molecule has 0 aliphatic rings. The predicted octanol–water partition coefficient (Wildman–Crippen LogP) is 3.81. The Bertz CT molecular complexity index is 835. The minimum atomic E-state index is -0.223. The summed E-state index contributed by atoms with van der Waals surface area (Å²) < 4.78 is 6.92. The Labute approximate surface area is 172 Å². The Morgan fingerprint density at radius 2 is 1.76 bits per heavy atom. The van der Waals surface area contributed by atoms with Crippen molar-refractivity contribution in [2.75, 3.05) is 12.4 Å². The number of hydrogen-bond donors (Lipinski definition) is 2. The van der Waals surface area contributed by atoms with Crippen LogP contribution in [0.4, 0.5) is 5.82 Å². The molecule has 158 valence electrons. The first-order chi connectivity index (χ1) is 13.6. The molecule has 2 rings (SSSR count). The van der Waals surface area contributed by atoms with Crippen molar-refractivity contribution in [3.05, 3.63) is 36.0 Å². The highest BCUT2D eigenvalue weighted by atomic mass is 16.5. The van der Waals surface area contributed by atoms with Crippen molar-refractivity contribution in [3.63, 3.8) is 0 Å². The average Bonchev–Trinajstić information content (AvgIpc) is 3.10. The number of benzene rings is 1. The zero-order valence-electron chi connectivity index (χ0n) is 18.2.